The Morgan fingerprint density at radius 1 is 1.22 bits per heavy atom. The van der Waals surface area contributed by atoms with Crippen LogP contribution in [0.5, 0.6) is 0 Å². The van der Waals surface area contributed by atoms with Gasteiger partial charge in [-0.1, -0.05) is 0 Å². The number of hydrogen-bond acceptors (Lipinski definition) is 4. The first kappa shape index (κ1) is 15.1. The zero-order valence-electron chi connectivity index (χ0n) is 13.4. The van der Waals surface area contributed by atoms with E-state index < -0.39 is 0 Å². The van der Waals surface area contributed by atoms with Crippen molar-refractivity contribution >= 4 is 23.2 Å². The summed E-state index contributed by atoms with van der Waals surface area (Å²) in [5.74, 6) is 0.243. The minimum atomic E-state index is -0.133. The number of morpholine rings is 1. The first-order chi connectivity index (χ1) is 11.1. The summed E-state index contributed by atoms with van der Waals surface area (Å²) < 4.78 is 5.97. The van der Waals surface area contributed by atoms with E-state index >= 15 is 0 Å². The minimum absolute atomic E-state index is 0.00955. The predicted octanol–water partition coefficient (Wildman–Crippen LogP) is 1.91. The van der Waals surface area contributed by atoms with Gasteiger partial charge in [-0.3, -0.25) is 9.59 Å². The van der Waals surface area contributed by atoms with Crippen LogP contribution in [0.3, 0.4) is 0 Å². The fourth-order valence-electron chi connectivity index (χ4n) is 3.95. The number of carbonyl (C=O) groups excluding carboxylic acids is 2. The van der Waals surface area contributed by atoms with Crippen molar-refractivity contribution in [2.24, 2.45) is 5.92 Å². The van der Waals surface area contributed by atoms with Crippen LogP contribution in [0.25, 0.3) is 0 Å². The lowest BCUT2D eigenvalue weighted by atomic mass is 9.99. The molecule has 3 aliphatic heterocycles. The molecule has 124 valence electrons. The van der Waals surface area contributed by atoms with Crippen LogP contribution in [0.4, 0.5) is 0 Å². The fraction of sp³-hybridized carbons (Fsp3) is 0.647. The van der Waals surface area contributed by atoms with Crippen LogP contribution in [0.2, 0.25) is 0 Å². The fourth-order valence-corrected chi connectivity index (χ4v) is 4.82. The third-order valence-corrected chi connectivity index (χ3v) is 6.16. The van der Waals surface area contributed by atoms with Crippen molar-refractivity contribution in [1.29, 1.82) is 0 Å². The summed E-state index contributed by atoms with van der Waals surface area (Å²) >= 11 is 1.49. The molecule has 3 atom stereocenters. The van der Waals surface area contributed by atoms with Gasteiger partial charge in [-0.05, 0) is 43.2 Å². The Bertz CT molecular complexity index is 623. The largest absolute Gasteiger partial charge is 0.370 e. The van der Waals surface area contributed by atoms with Gasteiger partial charge in [-0.15, -0.1) is 11.3 Å². The Balaban J connectivity index is 1.45. The number of amides is 2. The second-order valence-electron chi connectivity index (χ2n) is 6.87. The second kappa shape index (κ2) is 5.91. The predicted molar refractivity (Wildman–Crippen MR) is 87.5 cm³/mol. The molecule has 3 aliphatic rings. The van der Waals surface area contributed by atoms with Crippen molar-refractivity contribution in [2.45, 2.75) is 38.4 Å². The molecule has 23 heavy (non-hydrogen) atoms. The number of rotatable bonds is 2. The van der Waals surface area contributed by atoms with E-state index in [0.717, 1.165) is 42.8 Å². The summed E-state index contributed by atoms with van der Waals surface area (Å²) in [4.78, 5) is 30.0. The third-order valence-electron chi connectivity index (χ3n) is 5.12. The SMILES string of the molecule is Cc1csc(C(=O)N2CC3CC(C(=O)N4CCCC4)C(C2)O3)c1. The first-order valence-corrected chi connectivity index (χ1v) is 9.28. The Kier molecular flexibility index (Phi) is 3.89. The van der Waals surface area contributed by atoms with Crippen LogP contribution in [0, 0.1) is 12.8 Å². The van der Waals surface area contributed by atoms with Crippen LogP contribution in [0.1, 0.15) is 34.5 Å². The van der Waals surface area contributed by atoms with Gasteiger partial charge in [0.05, 0.1) is 23.0 Å². The lowest BCUT2D eigenvalue weighted by Gasteiger charge is -2.33. The number of hydrogen-bond donors (Lipinski definition) is 0. The highest BCUT2D eigenvalue weighted by Crippen LogP contribution is 2.34. The third kappa shape index (κ3) is 2.78. The van der Waals surface area contributed by atoms with Gasteiger partial charge in [0.1, 0.15) is 0 Å². The zero-order valence-corrected chi connectivity index (χ0v) is 14.2. The number of carbonyl (C=O) groups is 2. The number of nitrogens with zero attached hydrogens (tertiary/aromatic N) is 2. The molecule has 3 fully saturated rings. The standard InChI is InChI=1S/C17H22N2O3S/c1-11-6-15(23-10-11)17(21)19-8-12-7-13(14(9-19)22-12)16(20)18-4-2-3-5-18/h6,10,12-14H,2-5,7-9H2,1H3. The molecule has 1 aromatic heterocycles. The summed E-state index contributed by atoms with van der Waals surface area (Å²) in [6, 6.07) is 1.94. The highest BCUT2D eigenvalue weighted by molar-refractivity contribution is 7.12. The minimum Gasteiger partial charge on any atom is -0.370 e. The summed E-state index contributed by atoms with van der Waals surface area (Å²) in [5.41, 5.74) is 1.12. The van der Waals surface area contributed by atoms with E-state index in [2.05, 4.69) is 0 Å². The lowest BCUT2D eigenvalue weighted by Crippen LogP contribution is -2.48. The molecule has 1 aromatic rings. The van der Waals surface area contributed by atoms with E-state index in [1.165, 1.54) is 11.3 Å². The Morgan fingerprint density at radius 2 is 2.00 bits per heavy atom. The molecule has 5 nitrogen and oxygen atoms in total. The summed E-state index contributed by atoms with van der Waals surface area (Å²) in [7, 11) is 0. The Hall–Kier alpha value is -1.40. The highest BCUT2D eigenvalue weighted by atomic mass is 32.1. The number of thiophene rings is 1. The summed E-state index contributed by atoms with van der Waals surface area (Å²) in [6.45, 7) is 4.90. The van der Waals surface area contributed by atoms with Gasteiger partial charge in [-0.25, -0.2) is 0 Å². The van der Waals surface area contributed by atoms with E-state index in [-0.39, 0.29) is 29.9 Å². The maximum absolute atomic E-state index is 12.7. The average molecular weight is 334 g/mol. The van der Waals surface area contributed by atoms with Crippen molar-refractivity contribution < 1.29 is 14.3 Å². The van der Waals surface area contributed by atoms with Gasteiger partial charge in [0.2, 0.25) is 5.91 Å². The molecule has 0 spiro atoms. The van der Waals surface area contributed by atoms with Gasteiger partial charge >= 0.3 is 0 Å². The number of fused-ring (bicyclic) bond motifs is 2. The molecule has 2 amide bonds. The zero-order chi connectivity index (χ0) is 16.0. The van der Waals surface area contributed by atoms with Gasteiger partial charge in [0.15, 0.2) is 0 Å². The van der Waals surface area contributed by atoms with Crippen molar-refractivity contribution in [2.75, 3.05) is 26.2 Å². The van der Waals surface area contributed by atoms with Crippen LogP contribution in [-0.4, -0.2) is 60.0 Å². The van der Waals surface area contributed by atoms with E-state index in [4.69, 9.17) is 4.74 Å². The van der Waals surface area contributed by atoms with Gasteiger partial charge in [-0.2, -0.15) is 0 Å². The first-order valence-electron chi connectivity index (χ1n) is 8.40. The van der Waals surface area contributed by atoms with Gasteiger partial charge in [0, 0.05) is 26.2 Å². The maximum Gasteiger partial charge on any atom is 0.264 e. The quantitative estimate of drug-likeness (QED) is 0.830. The molecule has 3 unspecified atom stereocenters. The van der Waals surface area contributed by atoms with E-state index in [0.29, 0.717) is 13.1 Å². The Labute approximate surface area is 140 Å². The molecular weight excluding hydrogens is 312 g/mol. The van der Waals surface area contributed by atoms with Crippen molar-refractivity contribution in [3.63, 3.8) is 0 Å². The number of aryl methyl sites for hydroxylation is 1. The number of likely N-dealkylation sites (tertiary alicyclic amines) is 2. The molecule has 3 saturated heterocycles. The van der Waals surface area contributed by atoms with E-state index in [9.17, 15) is 9.59 Å². The molecular formula is C17H22N2O3S. The Morgan fingerprint density at radius 3 is 2.70 bits per heavy atom. The second-order valence-corrected chi connectivity index (χ2v) is 7.78. The molecule has 4 heterocycles. The van der Waals surface area contributed by atoms with Crippen molar-refractivity contribution in [3.8, 4) is 0 Å². The normalized spacial score (nSPS) is 30.0. The van der Waals surface area contributed by atoms with Gasteiger partial charge in [0.25, 0.3) is 5.91 Å². The molecule has 0 radical (unpaired) electrons. The molecule has 4 rings (SSSR count). The topological polar surface area (TPSA) is 49.9 Å². The molecule has 0 aliphatic carbocycles. The molecule has 0 N–H and O–H groups in total. The van der Waals surface area contributed by atoms with Crippen LogP contribution in [0.15, 0.2) is 11.4 Å². The van der Waals surface area contributed by atoms with Crippen molar-refractivity contribution in [3.05, 3.63) is 21.9 Å². The maximum atomic E-state index is 12.7. The monoisotopic (exact) mass is 334 g/mol. The molecule has 6 heteroatoms. The molecule has 0 aromatic carbocycles. The highest BCUT2D eigenvalue weighted by Gasteiger charge is 2.47. The van der Waals surface area contributed by atoms with Crippen LogP contribution < -0.4 is 0 Å². The molecule has 2 bridgehead atoms. The summed E-state index contributed by atoms with van der Waals surface area (Å²) in [6.07, 6.45) is 2.85. The van der Waals surface area contributed by atoms with Crippen LogP contribution in [-0.2, 0) is 9.53 Å². The smallest absolute Gasteiger partial charge is 0.264 e. The van der Waals surface area contributed by atoms with Crippen LogP contribution >= 0.6 is 11.3 Å². The summed E-state index contributed by atoms with van der Waals surface area (Å²) in [5, 5.41) is 2.00. The van der Waals surface area contributed by atoms with Crippen molar-refractivity contribution in [1.82, 2.24) is 9.80 Å². The lowest BCUT2D eigenvalue weighted by molar-refractivity contribution is -0.137. The van der Waals surface area contributed by atoms with E-state index in [1.54, 1.807) is 0 Å². The van der Waals surface area contributed by atoms with E-state index in [1.807, 2.05) is 28.2 Å². The molecule has 0 saturated carbocycles. The van der Waals surface area contributed by atoms with Gasteiger partial charge < -0.3 is 14.5 Å². The number of ether oxygens (including phenoxy) is 1. The average Bonchev–Trinajstić information content (AvgIpc) is 3.26.